The van der Waals surface area contributed by atoms with Crippen LogP contribution in [0, 0.1) is 0 Å². The number of pyridine rings is 1. The zero-order valence-corrected chi connectivity index (χ0v) is 13.5. The van der Waals surface area contributed by atoms with Crippen LogP contribution in [0.3, 0.4) is 0 Å². The van der Waals surface area contributed by atoms with Crippen molar-refractivity contribution in [2.45, 2.75) is 45.5 Å². The number of carbonyl (C=O) groups is 1. The summed E-state index contributed by atoms with van der Waals surface area (Å²) in [5, 5.41) is 5.69. The number of halogens is 3. The van der Waals surface area contributed by atoms with Gasteiger partial charge in [-0.25, -0.2) is 4.79 Å². The summed E-state index contributed by atoms with van der Waals surface area (Å²) in [4.78, 5) is 14.8. The molecule has 8 heteroatoms. The van der Waals surface area contributed by atoms with E-state index < -0.39 is 23.6 Å². The minimum atomic E-state index is -4.42. The summed E-state index contributed by atoms with van der Waals surface area (Å²) in [5.74, 6) is 0. The van der Waals surface area contributed by atoms with Crippen molar-refractivity contribution in [1.82, 2.24) is 15.6 Å². The first-order valence-electron chi connectivity index (χ1n) is 7.27. The van der Waals surface area contributed by atoms with E-state index in [0.717, 1.165) is 6.07 Å². The van der Waals surface area contributed by atoms with Crippen molar-refractivity contribution >= 4 is 6.09 Å². The van der Waals surface area contributed by atoms with Crippen LogP contribution in [0.5, 0.6) is 0 Å². The first kappa shape index (κ1) is 19.2. The molecule has 1 heterocycles. The van der Waals surface area contributed by atoms with E-state index in [1.54, 1.807) is 20.8 Å². The van der Waals surface area contributed by atoms with Gasteiger partial charge in [0.15, 0.2) is 0 Å². The van der Waals surface area contributed by atoms with Gasteiger partial charge in [-0.2, -0.15) is 13.2 Å². The number of hydrogen-bond donors (Lipinski definition) is 2. The maximum absolute atomic E-state index is 12.4. The fourth-order valence-electron chi connectivity index (χ4n) is 1.65. The summed E-state index contributed by atoms with van der Waals surface area (Å²) in [6.45, 7) is 6.83. The Bertz CT molecular complexity index is 496. The smallest absolute Gasteiger partial charge is 0.433 e. The van der Waals surface area contributed by atoms with E-state index in [-0.39, 0.29) is 0 Å². The van der Waals surface area contributed by atoms with Crippen molar-refractivity contribution in [3.05, 3.63) is 29.6 Å². The first-order valence-corrected chi connectivity index (χ1v) is 7.27. The van der Waals surface area contributed by atoms with Crippen molar-refractivity contribution in [2.24, 2.45) is 0 Å². The average Bonchev–Trinajstić information content (AvgIpc) is 2.40. The Hall–Kier alpha value is -1.83. The minimum Gasteiger partial charge on any atom is -0.444 e. The van der Waals surface area contributed by atoms with Crippen LogP contribution in [-0.4, -0.2) is 29.8 Å². The van der Waals surface area contributed by atoms with E-state index in [0.29, 0.717) is 31.6 Å². The van der Waals surface area contributed by atoms with Gasteiger partial charge in [0, 0.05) is 19.3 Å². The molecule has 0 unspecified atom stereocenters. The Morgan fingerprint density at radius 2 is 1.91 bits per heavy atom. The molecule has 1 amide bonds. The van der Waals surface area contributed by atoms with Gasteiger partial charge >= 0.3 is 12.3 Å². The molecule has 1 rings (SSSR count). The maximum Gasteiger partial charge on any atom is 0.433 e. The fourth-order valence-corrected chi connectivity index (χ4v) is 1.65. The van der Waals surface area contributed by atoms with Crippen molar-refractivity contribution < 1.29 is 22.7 Å². The molecule has 0 atom stereocenters. The van der Waals surface area contributed by atoms with Crippen LogP contribution in [0.2, 0.25) is 0 Å². The molecular weight excluding hydrogens is 311 g/mol. The quantitative estimate of drug-likeness (QED) is 0.785. The zero-order chi connectivity index (χ0) is 17.5. The number of hydrogen-bond acceptors (Lipinski definition) is 4. The Labute approximate surface area is 133 Å². The topological polar surface area (TPSA) is 63.2 Å². The maximum atomic E-state index is 12.4. The van der Waals surface area contributed by atoms with Gasteiger partial charge in [0.05, 0.1) is 0 Å². The molecule has 2 N–H and O–H groups in total. The molecule has 0 saturated carbocycles. The predicted molar refractivity (Wildman–Crippen MR) is 79.8 cm³/mol. The Morgan fingerprint density at radius 1 is 1.22 bits per heavy atom. The highest BCUT2D eigenvalue weighted by molar-refractivity contribution is 5.67. The standard InChI is InChI=1S/C15H22F3N3O2/c1-14(2,3)23-13(22)20-8-4-7-19-9-11-5-6-12(21-10-11)15(16,17)18/h5-6,10,19H,4,7-9H2,1-3H3,(H,20,22). The highest BCUT2D eigenvalue weighted by Crippen LogP contribution is 2.27. The third-order valence-electron chi connectivity index (χ3n) is 2.64. The lowest BCUT2D eigenvalue weighted by Gasteiger charge is -2.19. The lowest BCUT2D eigenvalue weighted by Crippen LogP contribution is -2.33. The number of nitrogens with zero attached hydrogens (tertiary/aromatic N) is 1. The monoisotopic (exact) mass is 333 g/mol. The largest absolute Gasteiger partial charge is 0.444 e. The van der Waals surface area contributed by atoms with Crippen molar-refractivity contribution in [1.29, 1.82) is 0 Å². The summed E-state index contributed by atoms with van der Waals surface area (Å²) < 4.78 is 42.2. The van der Waals surface area contributed by atoms with Crippen LogP contribution >= 0.6 is 0 Å². The highest BCUT2D eigenvalue weighted by Gasteiger charge is 2.31. The second kappa shape index (κ2) is 8.14. The van der Waals surface area contributed by atoms with Gasteiger partial charge in [0.25, 0.3) is 0 Å². The molecule has 0 aliphatic carbocycles. The molecule has 1 aromatic rings. The second-order valence-electron chi connectivity index (χ2n) is 6.01. The van der Waals surface area contributed by atoms with Crippen molar-refractivity contribution in [3.63, 3.8) is 0 Å². The molecule has 0 aliphatic heterocycles. The number of alkyl halides is 3. The van der Waals surface area contributed by atoms with E-state index in [9.17, 15) is 18.0 Å². The number of aromatic nitrogens is 1. The molecular formula is C15H22F3N3O2. The van der Waals surface area contributed by atoms with Crippen LogP contribution in [0.25, 0.3) is 0 Å². The zero-order valence-electron chi connectivity index (χ0n) is 13.5. The third kappa shape index (κ3) is 8.39. The minimum absolute atomic E-state index is 0.414. The first-order chi connectivity index (χ1) is 10.6. The molecule has 0 aliphatic rings. The van der Waals surface area contributed by atoms with Gasteiger partial charge in [0.2, 0.25) is 0 Å². The van der Waals surface area contributed by atoms with E-state index in [2.05, 4.69) is 15.6 Å². The van der Waals surface area contributed by atoms with Gasteiger partial charge < -0.3 is 15.4 Å². The van der Waals surface area contributed by atoms with Gasteiger partial charge in [0.1, 0.15) is 11.3 Å². The molecule has 5 nitrogen and oxygen atoms in total. The van der Waals surface area contributed by atoms with Crippen LogP contribution in [0.4, 0.5) is 18.0 Å². The summed E-state index contributed by atoms with van der Waals surface area (Å²) in [6.07, 6.45) is -3.01. The lowest BCUT2D eigenvalue weighted by molar-refractivity contribution is -0.141. The van der Waals surface area contributed by atoms with Gasteiger partial charge in [-0.3, -0.25) is 4.98 Å². The van der Waals surface area contributed by atoms with E-state index in [1.165, 1.54) is 12.3 Å². The number of rotatable bonds is 6. The van der Waals surface area contributed by atoms with E-state index in [1.807, 2.05) is 0 Å². The second-order valence-corrected chi connectivity index (χ2v) is 6.01. The van der Waals surface area contributed by atoms with Crippen LogP contribution < -0.4 is 10.6 Å². The number of amides is 1. The van der Waals surface area contributed by atoms with Crippen LogP contribution in [-0.2, 0) is 17.5 Å². The Morgan fingerprint density at radius 3 is 2.43 bits per heavy atom. The van der Waals surface area contributed by atoms with Crippen molar-refractivity contribution in [3.8, 4) is 0 Å². The molecule has 1 aromatic heterocycles. The molecule has 0 aromatic carbocycles. The summed E-state index contributed by atoms with van der Waals surface area (Å²) in [7, 11) is 0. The molecule has 0 bridgehead atoms. The fraction of sp³-hybridized carbons (Fsp3) is 0.600. The molecule has 0 saturated heterocycles. The van der Waals surface area contributed by atoms with Crippen LogP contribution in [0.15, 0.2) is 18.3 Å². The van der Waals surface area contributed by atoms with Gasteiger partial charge in [-0.1, -0.05) is 6.07 Å². The molecule has 130 valence electrons. The van der Waals surface area contributed by atoms with Crippen molar-refractivity contribution in [2.75, 3.05) is 13.1 Å². The Kier molecular flexibility index (Phi) is 6.80. The average molecular weight is 333 g/mol. The Balaban J connectivity index is 2.17. The van der Waals surface area contributed by atoms with Gasteiger partial charge in [-0.15, -0.1) is 0 Å². The lowest BCUT2D eigenvalue weighted by atomic mass is 10.2. The third-order valence-corrected chi connectivity index (χ3v) is 2.64. The van der Waals surface area contributed by atoms with Gasteiger partial charge in [-0.05, 0) is 45.4 Å². The normalized spacial score (nSPS) is 12.1. The molecule has 0 spiro atoms. The molecule has 0 radical (unpaired) electrons. The van der Waals surface area contributed by atoms with Crippen LogP contribution in [0.1, 0.15) is 38.4 Å². The van der Waals surface area contributed by atoms with E-state index >= 15 is 0 Å². The predicted octanol–water partition coefficient (Wildman–Crippen LogP) is 3.10. The number of ether oxygens (including phenoxy) is 1. The molecule has 23 heavy (non-hydrogen) atoms. The summed E-state index contributed by atoms with van der Waals surface area (Å²) >= 11 is 0. The number of alkyl carbamates (subject to hydrolysis) is 1. The SMILES string of the molecule is CC(C)(C)OC(=O)NCCCNCc1ccc(C(F)(F)F)nc1. The highest BCUT2D eigenvalue weighted by atomic mass is 19.4. The number of nitrogens with one attached hydrogen (secondary N) is 2. The summed E-state index contributed by atoms with van der Waals surface area (Å²) in [6, 6.07) is 2.35. The summed E-state index contributed by atoms with van der Waals surface area (Å²) in [5.41, 5.74) is -0.765. The number of carbonyl (C=O) groups excluding carboxylic acids is 1. The molecule has 0 fully saturated rings. The van der Waals surface area contributed by atoms with E-state index in [4.69, 9.17) is 4.74 Å².